The van der Waals surface area contributed by atoms with Crippen molar-refractivity contribution in [3.8, 4) is 5.75 Å². The van der Waals surface area contributed by atoms with Gasteiger partial charge in [0.1, 0.15) is 24.0 Å². The van der Waals surface area contributed by atoms with E-state index in [1.165, 1.54) is 0 Å². The Labute approximate surface area is 184 Å². The van der Waals surface area contributed by atoms with Crippen molar-refractivity contribution in [1.29, 1.82) is 0 Å². The van der Waals surface area contributed by atoms with Gasteiger partial charge in [-0.05, 0) is 45.2 Å². The second-order valence-corrected chi connectivity index (χ2v) is 7.02. The Kier molecular flexibility index (Phi) is 9.01. The first-order valence-electron chi connectivity index (χ1n) is 9.78. The van der Waals surface area contributed by atoms with Gasteiger partial charge in [0.25, 0.3) is 0 Å². The van der Waals surface area contributed by atoms with Crippen LogP contribution in [0.3, 0.4) is 0 Å². The molecule has 2 aromatic rings. The minimum Gasteiger partial charge on any atom is -0.489 e. The number of benzene rings is 1. The molecular weight excluding hydrogens is 467 g/mol. The summed E-state index contributed by atoms with van der Waals surface area (Å²) in [4.78, 5) is 11.5. The number of nitrogens with one attached hydrogen (secondary N) is 2. The van der Waals surface area contributed by atoms with Gasteiger partial charge in [0.15, 0.2) is 5.96 Å². The molecule has 1 aliphatic rings. The normalized spacial score (nSPS) is 16.4. The van der Waals surface area contributed by atoms with Gasteiger partial charge in [0.05, 0.1) is 6.54 Å². The van der Waals surface area contributed by atoms with Crippen molar-refractivity contribution in [2.24, 2.45) is 4.99 Å². The van der Waals surface area contributed by atoms with E-state index in [1.54, 1.807) is 6.33 Å². The standard InChI is InChI=1S/C20H30N6O.HI/c1-4-21-20(22-13-16(3)27-18-8-6-5-7-15(18)2)26-11-9-17(10-12-26)19-23-14-24-25-19;/h5-8,14,16-17H,4,9-13H2,1-3H3,(H,21,22)(H,23,24,25);1H. The molecule has 1 saturated heterocycles. The Bertz CT molecular complexity index is 728. The van der Waals surface area contributed by atoms with Crippen LogP contribution in [0.4, 0.5) is 0 Å². The lowest BCUT2D eigenvalue weighted by atomic mass is 9.96. The van der Waals surface area contributed by atoms with E-state index in [0.29, 0.717) is 12.5 Å². The quantitative estimate of drug-likeness (QED) is 0.363. The van der Waals surface area contributed by atoms with Crippen LogP contribution in [0.5, 0.6) is 5.75 Å². The number of aromatic nitrogens is 3. The Hall–Kier alpha value is -1.84. The maximum absolute atomic E-state index is 6.05. The number of halogens is 1. The zero-order valence-corrected chi connectivity index (χ0v) is 19.2. The van der Waals surface area contributed by atoms with E-state index in [2.05, 4.69) is 52.2 Å². The summed E-state index contributed by atoms with van der Waals surface area (Å²) in [5.74, 6) is 3.35. The lowest BCUT2D eigenvalue weighted by Gasteiger charge is -2.33. The number of aromatic amines is 1. The van der Waals surface area contributed by atoms with Crippen molar-refractivity contribution in [3.63, 3.8) is 0 Å². The number of aliphatic imine (C=N–C) groups is 1. The highest BCUT2D eigenvalue weighted by molar-refractivity contribution is 14.0. The number of aryl methyl sites for hydroxylation is 1. The van der Waals surface area contributed by atoms with Crippen molar-refractivity contribution in [1.82, 2.24) is 25.4 Å². The molecule has 1 aliphatic heterocycles. The number of H-pyrrole nitrogens is 1. The Balaban J connectivity index is 0.00000280. The third-order valence-electron chi connectivity index (χ3n) is 4.87. The molecule has 2 heterocycles. The molecule has 7 nitrogen and oxygen atoms in total. The van der Waals surface area contributed by atoms with Gasteiger partial charge < -0.3 is 15.0 Å². The molecular formula is C20H31IN6O. The van der Waals surface area contributed by atoms with E-state index in [9.17, 15) is 0 Å². The van der Waals surface area contributed by atoms with Gasteiger partial charge in [-0.3, -0.25) is 5.10 Å². The fourth-order valence-electron chi connectivity index (χ4n) is 3.36. The number of likely N-dealkylation sites (tertiary alicyclic amines) is 1. The Morgan fingerprint density at radius 2 is 2.11 bits per heavy atom. The van der Waals surface area contributed by atoms with Gasteiger partial charge in [-0.1, -0.05) is 18.2 Å². The summed E-state index contributed by atoms with van der Waals surface area (Å²) < 4.78 is 6.05. The van der Waals surface area contributed by atoms with Crippen LogP contribution >= 0.6 is 24.0 Å². The SMILES string of the molecule is CCNC(=NCC(C)Oc1ccccc1C)N1CCC(c2ncn[nH]2)CC1.I. The molecule has 0 amide bonds. The van der Waals surface area contributed by atoms with Crippen LogP contribution in [-0.4, -0.2) is 58.3 Å². The molecule has 2 N–H and O–H groups in total. The smallest absolute Gasteiger partial charge is 0.194 e. The van der Waals surface area contributed by atoms with Crippen LogP contribution in [0, 0.1) is 6.92 Å². The average Bonchev–Trinajstić information content (AvgIpc) is 3.22. The van der Waals surface area contributed by atoms with Crippen molar-refractivity contribution in [2.75, 3.05) is 26.2 Å². The molecule has 1 aromatic carbocycles. The van der Waals surface area contributed by atoms with Gasteiger partial charge in [-0.15, -0.1) is 24.0 Å². The zero-order chi connectivity index (χ0) is 19.1. The summed E-state index contributed by atoms with van der Waals surface area (Å²) in [6.45, 7) is 9.63. The molecule has 0 spiro atoms. The third-order valence-corrected chi connectivity index (χ3v) is 4.87. The second kappa shape index (κ2) is 11.2. The number of piperidine rings is 1. The van der Waals surface area contributed by atoms with Crippen LogP contribution < -0.4 is 10.1 Å². The van der Waals surface area contributed by atoms with Gasteiger partial charge in [-0.2, -0.15) is 5.10 Å². The topological polar surface area (TPSA) is 78.4 Å². The largest absolute Gasteiger partial charge is 0.489 e. The van der Waals surface area contributed by atoms with E-state index in [0.717, 1.165) is 55.6 Å². The first kappa shape index (κ1) is 22.4. The van der Waals surface area contributed by atoms with Crippen molar-refractivity contribution in [3.05, 3.63) is 42.0 Å². The van der Waals surface area contributed by atoms with Gasteiger partial charge >= 0.3 is 0 Å². The maximum Gasteiger partial charge on any atom is 0.194 e. The molecule has 1 atom stereocenters. The van der Waals surface area contributed by atoms with Crippen LogP contribution in [0.25, 0.3) is 0 Å². The molecule has 154 valence electrons. The van der Waals surface area contributed by atoms with E-state index in [-0.39, 0.29) is 30.1 Å². The number of nitrogens with zero attached hydrogens (tertiary/aromatic N) is 4. The first-order chi connectivity index (χ1) is 13.2. The van der Waals surface area contributed by atoms with Gasteiger partial charge in [0, 0.05) is 25.6 Å². The zero-order valence-electron chi connectivity index (χ0n) is 16.9. The highest BCUT2D eigenvalue weighted by Gasteiger charge is 2.24. The minimum atomic E-state index is 0. The van der Waals surface area contributed by atoms with Crippen LogP contribution in [0.15, 0.2) is 35.6 Å². The van der Waals surface area contributed by atoms with E-state index >= 15 is 0 Å². The molecule has 8 heteroatoms. The summed E-state index contributed by atoms with van der Waals surface area (Å²) in [5.41, 5.74) is 1.15. The molecule has 0 saturated carbocycles. The van der Waals surface area contributed by atoms with Gasteiger partial charge in [0.2, 0.25) is 0 Å². The number of hydrogen-bond acceptors (Lipinski definition) is 4. The summed E-state index contributed by atoms with van der Waals surface area (Å²) in [6.07, 6.45) is 3.71. The number of rotatable bonds is 6. The van der Waals surface area contributed by atoms with Crippen molar-refractivity contribution in [2.45, 2.75) is 45.6 Å². The number of hydrogen-bond donors (Lipinski definition) is 2. The predicted molar refractivity (Wildman–Crippen MR) is 123 cm³/mol. The van der Waals surface area contributed by atoms with Gasteiger partial charge in [-0.25, -0.2) is 9.98 Å². The monoisotopic (exact) mass is 498 g/mol. The lowest BCUT2D eigenvalue weighted by Crippen LogP contribution is -2.45. The van der Waals surface area contributed by atoms with E-state index in [4.69, 9.17) is 9.73 Å². The third kappa shape index (κ3) is 6.08. The van der Waals surface area contributed by atoms with E-state index < -0.39 is 0 Å². The van der Waals surface area contributed by atoms with Crippen molar-refractivity contribution < 1.29 is 4.74 Å². The number of ether oxygens (including phenoxy) is 1. The Morgan fingerprint density at radius 1 is 1.36 bits per heavy atom. The molecule has 1 unspecified atom stereocenters. The number of guanidine groups is 1. The summed E-state index contributed by atoms with van der Waals surface area (Å²) in [5, 5.41) is 10.4. The highest BCUT2D eigenvalue weighted by atomic mass is 127. The van der Waals surface area contributed by atoms with Crippen LogP contribution in [-0.2, 0) is 0 Å². The highest BCUT2D eigenvalue weighted by Crippen LogP contribution is 2.25. The molecule has 3 rings (SSSR count). The van der Waals surface area contributed by atoms with Crippen molar-refractivity contribution >= 4 is 29.9 Å². The lowest BCUT2D eigenvalue weighted by molar-refractivity contribution is 0.227. The second-order valence-electron chi connectivity index (χ2n) is 7.02. The maximum atomic E-state index is 6.05. The average molecular weight is 498 g/mol. The fourth-order valence-corrected chi connectivity index (χ4v) is 3.36. The minimum absolute atomic E-state index is 0. The molecule has 28 heavy (non-hydrogen) atoms. The molecule has 1 fully saturated rings. The van der Waals surface area contributed by atoms with Crippen LogP contribution in [0.2, 0.25) is 0 Å². The molecule has 0 radical (unpaired) electrons. The summed E-state index contributed by atoms with van der Waals surface area (Å²) in [6, 6.07) is 8.10. The fraction of sp³-hybridized carbons (Fsp3) is 0.550. The summed E-state index contributed by atoms with van der Waals surface area (Å²) in [7, 11) is 0. The Morgan fingerprint density at radius 3 is 2.75 bits per heavy atom. The predicted octanol–water partition coefficient (Wildman–Crippen LogP) is 3.34. The van der Waals surface area contributed by atoms with E-state index in [1.807, 2.05) is 18.2 Å². The number of para-hydroxylation sites is 1. The first-order valence-corrected chi connectivity index (χ1v) is 9.78. The molecule has 0 bridgehead atoms. The molecule has 0 aliphatic carbocycles. The van der Waals surface area contributed by atoms with Crippen LogP contribution in [0.1, 0.15) is 44.0 Å². The summed E-state index contributed by atoms with van der Waals surface area (Å²) >= 11 is 0. The molecule has 1 aromatic heterocycles.